The molecule has 0 bridgehead atoms. The number of ether oxygens (including phenoxy) is 1. The average molecular weight is 286 g/mol. The number of rotatable bonds is 5. The molecule has 2 aromatic rings. The van der Waals surface area contributed by atoms with Gasteiger partial charge in [-0.3, -0.25) is 10.1 Å². The van der Waals surface area contributed by atoms with Crippen molar-refractivity contribution >= 4 is 28.9 Å². The Hall–Kier alpha value is -1.30. The number of furan rings is 1. The number of carbonyl (C=O) groups excluding carboxylic acids is 1. The first-order valence-corrected chi connectivity index (χ1v) is 6.49. The normalized spacial score (nSPS) is 12.3. The van der Waals surface area contributed by atoms with Gasteiger partial charge in [-0.25, -0.2) is 0 Å². The van der Waals surface area contributed by atoms with Gasteiger partial charge in [-0.2, -0.15) is 0 Å². The van der Waals surface area contributed by atoms with Crippen LogP contribution in [0.2, 0.25) is 4.34 Å². The summed E-state index contributed by atoms with van der Waals surface area (Å²) in [4.78, 5) is 12.2. The van der Waals surface area contributed by atoms with Crippen molar-refractivity contribution in [2.75, 3.05) is 13.7 Å². The highest BCUT2D eigenvalue weighted by Gasteiger charge is 2.19. The van der Waals surface area contributed by atoms with E-state index in [1.165, 1.54) is 18.4 Å². The molecule has 0 saturated heterocycles. The van der Waals surface area contributed by atoms with Gasteiger partial charge in [0.1, 0.15) is 11.8 Å². The molecule has 2 rings (SSSR count). The first-order chi connectivity index (χ1) is 8.70. The molecule has 0 saturated carbocycles. The Balaban J connectivity index is 2.16. The predicted octanol–water partition coefficient (Wildman–Crippen LogP) is 2.85. The zero-order chi connectivity index (χ0) is 13.0. The molecular formula is C12H12ClNO3S. The number of methoxy groups -OCH3 is 1. The van der Waals surface area contributed by atoms with Gasteiger partial charge in [0, 0.05) is 4.88 Å². The molecule has 0 aliphatic carbocycles. The Kier molecular flexibility index (Phi) is 4.41. The molecule has 0 aromatic carbocycles. The van der Waals surface area contributed by atoms with E-state index in [1.807, 2.05) is 18.2 Å². The van der Waals surface area contributed by atoms with Crippen LogP contribution in [0.1, 0.15) is 16.7 Å². The monoisotopic (exact) mass is 285 g/mol. The summed E-state index contributed by atoms with van der Waals surface area (Å²) in [6, 6.07) is 7.18. The zero-order valence-corrected chi connectivity index (χ0v) is 11.3. The smallest absolute Gasteiger partial charge is 0.319 e. The molecule has 4 nitrogen and oxygen atoms in total. The summed E-state index contributed by atoms with van der Waals surface area (Å²) in [7, 11) is 1.36. The summed E-state index contributed by atoms with van der Waals surface area (Å²) >= 11 is 7.37. The van der Waals surface area contributed by atoms with Crippen LogP contribution in [0.4, 0.5) is 0 Å². The quantitative estimate of drug-likeness (QED) is 0.858. The summed E-state index contributed by atoms with van der Waals surface area (Å²) in [5, 5.41) is 3.09. The summed E-state index contributed by atoms with van der Waals surface area (Å²) < 4.78 is 10.7. The highest BCUT2D eigenvalue weighted by molar-refractivity contribution is 7.16. The fraction of sp³-hybridized carbons (Fsp3) is 0.250. The number of halogens is 1. The molecule has 1 N–H and O–H groups in total. The van der Waals surface area contributed by atoms with Crippen LogP contribution in [0.15, 0.2) is 34.9 Å². The van der Waals surface area contributed by atoms with E-state index in [0.717, 1.165) is 10.6 Å². The molecule has 0 spiro atoms. The van der Waals surface area contributed by atoms with Crippen LogP contribution in [0.25, 0.3) is 0 Å². The second-order valence-corrected chi connectivity index (χ2v) is 5.29. The number of thiophene rings is 1. The summed E-state index contributed by atoms with van der Waals surface area (Å²) in [6.07, 6.45) is 1.59. The van der Waals surface area contributed by atoms with Crippen molar-refractivity contribution in [1.29, 1.82) is 0 Å². The molecule has 0 radical (unpaired) electrons. The largest absolute Gasteiger partial charge is 0.468 e. The van der Waals surface area contributed by atoms with Crippen molar-refractivity contribution < 1.29 is 13.9 Å². The van der Waals surface area contributed by atoms with Gasteiger partial charge < -0.3 is 9.15 Å². The van der Waals surface area contributed by atoms with Crippen molar-refractivity contribution in [3.05, 3.63) is 45.5 Å². The molecule has 96 valence electrons. The maximum Gasteiger partial charge on any atom is 0.319 e. The van der Waals surface area contributed by atoms with Crippen LogP contribution >= 0.6 is 22.9 Å². The summed E-state index contributed by atoms with van der Waals surface area (Å²) in [5.74, 6) is 0.409. The molecule has 6 heteroatoms. The fourth-order valence-corrected chi connectivity index (χ4v) is 2.68. The lowest BCUT2D eigenvalue weighted by Gasteiger charge is -2.14. The Morgan fingerprint density at radius 2 is 2.39 bits per heavy atom. The third-order valence-electron chi connectivity index (χ3n) is 2.38. The molecule has 1 atom stereocenters. The molecule has 2 heterocycles. The molecular weight excluding hydrogens is 274 g/mol. The SMILES string of the molecule is COC(=O)CNC(c1ccco1)c1ccc(Cl)s1. The Labute approximate surface area is 114 Å². The van der Waals surface area contributed by atoms with Gasteiger partial charge in [0.2, 0.25) is 0 Å². The van der Waals surface area contributed by atoms with E-state index >= 15 is 0 Å². The average Bonchev–Trinajstić information content (AvgIpc) is 3.01. The topological polar surface area (TPSA) is 51.5 Å². The second kappa shape index (κ2) is 6.04. The lowest BCUT2D eigenvalue weighted by molar-refractivity contribution is -0.139. The Morgan fingerprint density at radius 1 is 1.56 bits per heavy atom. The van der Waals surface area contributed by atoms with Crippen molar-refractivity contribution in [3.63, 3.8) is 0 Å². The minimum absolute atomic E-state index is 0.109. The van der Waals surface area contributed by atoms with Crippen molar-refractivity contribution in [2.45, 2.75) is 6.04 Å². The van der Waals surface area contributed by atoms with Crippen LogP contribution in [-0.2, 0) is 9.53 Å². The van der Waals surface area contributed by atoms with Gasteiger partial charge in [0.15, 0.2) is 0 Å². The minimum Gasteiger partial charge on any atom is -0.468 e. The Bertz CT molecular complexity index is 509. The van der Waals surface area contributed by atoms with E-state index in [1.54, 1.807) is 12.3 Å². The molecule has 0 aliphatic rings. The molecule has 1 unspecified atom stereocenters. The zero-order valence-electron chi connectivity index (χ0n) is 9.68. The van der Waals surface area contributed by atoms with Crippen LogP contribution in [-0.4, -0.2) is 19.6 Å². The van der Waals surface area contributed by atoms with Gasteiger partial charge in [-0.15, -0.1) is 11.3 Å². The second-order valence-electron chi connectivity index (χ2n) is 3.55. The minimum atomic E-state index is -0.325. The van der Waals surface area contributed by atoms with Crippen molar-refractivity contribution in [3.8, 4) is 0 Å². The van der Waals surface area contributed by atoms with E-state index < -0.39 is 0 Å². The highest BCUT2D eigenvalue weighted by atomic mass is 35.5. The van der Waals surface area contributed by atoms with Crippen LogP contribution in [0.5, 0.6) is 0 Å². The Morgan fingerprint density at radius 3 is 2.94 bits per heavy atom. The van der Waals surface area contributed by atoms with Crippen molar-refractivity contribution in [1.82, 2.24) is 5.32 Å². The molecule has 18 heavy (non-hydrogen) atoms. The third kappa shape index (κ3) is 3.13. The van der Waals surface area contributed by atoms with Crippen LogP contribution < -0.4 is 5.32 Å². The first kappa shape index (κ1) is 13.1. The molecule has 0 aliphatic heterocycles. The number of nitrogens with one attached hydrogen (secondary N) is 1. The summed E-state index contributed by atoms with van der Waals surface area (Å²) in [6.45, 7) is 0.109. The van der Waals surface area contributed by atoms with Crippen molar-refractivity contribution in [2.24, 2.45) is 0 Å². The maximum atomic E-state index is 11.2. The van der Waals surface area contributed by atoms with Gasteiger partial charge in [-0.1, -0.05) is 11.6 Å². The third-order valence-corrected chi connectivity index (χ3v) is 3.68. The van der Waals surface area contributed by atoms with Gasteiger partial charge in [0.05, 0.1) is 24.3 Å². The molecule has 0 amide bonds. The van der Waals surface area contributed by atoms with Crippen LogP contribution in [0.3, 0.4) is 0 Å². The first-order valence-electron chi connectivity index (χ1n) is 5.29. The van der Waals surface area contributed by atoms with Gasteiger partial charge >= 0.3 is 5.97 Å². The summed E-state index contributed by atoms with van der Waals surface area (Å²) in [5.41, 5.74) is 0. The number of esters is 1. The lowest BCUT2D eigenvalue weighted by atomic mass is 10.2. The molecule has 0 fully saturated rings. The van der Waals surface area contributed by atoms with Gasteiger partial charge in [-0.05, 0) is 24.3 Å². The van der Waals surface area contributed by atoms with E-state index in [-0.39, 0.29) is 18.6 Å². The van der Waals surface area contributed by atoms with E-state index in [2.05, 4.69) is 10.1 Å². The van der Waals surface area contributed by atoms with Gasteiger partial charge in [0.25, 0.3) is 0 Å². The lowest BCUT2D eigenvalue weighted by Crippen LogP contribution is -2.28. The van der Waals surface area contributed by atoms with Crippen LogP contribution in [0, 0.1) is 0 Å². The standard InChI is InChI=1S/C12H12ClNO3S/c1-16-11(15)7-14-12(8-3-2-6-17-8)9-4-5-10(13)18-9/h2-6,12,14H,7H2,1H3. The number of hydrogen-bond donors (Lipinski definition) is 1. The highest BCUT2D eigenvalue weighted by Crippen LogP contribution is 2.31. The van der Waals surface area contributed by atoms with E-state index in [9.17, 15) is 4.79 Å². The fourth-order valence-electron chi connectivity index (χ4n) is 1.54. The van der Waals surface area contributed by atoms with E-state index in [4.69, 9.17) is 16.0 Å². The maximum absolute atomic E-state index is 11.2. The van der Waals surface area contributed by atoms with E-state index in [0.29, 0.717) is 4.34 Å². The number of carbonyl (C=O) groups is 1. The predicted molar refractivity (Wildman–Crippen MR) is 69.9 cm³/mol. The number of hydrogen-bond acceptors (Lipinski definition) is 5. The molecule has 2 aromatic heterocycles.